The fourth-order valence-corrected chi connectivity index (χ4v) is 3.81. The largest absolute Gasteiger partial charge is 0.420 e. The first kappa shape index (κ1) is 20.2. The number of rotatable bonds is 6. The number of hydrogen-bond acceptors (Lipinski definition) is 5. The molecule has 0 aliphatic carbocycles. The zero-order valence-corrected chi connectivity index (χ0v) is 17.5. The Bertz CT molecular complexity index is 1120. The summed E-state index contributed by atoms with van der Waals surface area (Å²) >= 11 is 0. The second kappa shape index (κ2) is 8.71. The van der Waals surface area contributed by atoms with E-state index in [1.807, 2.05) is 6.08 Å². The van der Waals surface area contributed by atoms with E-state index in [4.69, 9.17) is 4.42 Å². The van der Waals surface area contributed by atoms with Gasteiger partial charge in [-0.1, -0.05) is 29.8 Å². The summed E-state index contributed by atoms with van der Waals surface area (Å²) in [5, 5.41) is 0. The van der Waals surface area contributed by atoms with E-state index in [-0.39, 0.29) is 5.78 Å². The van der Waals surface area contributed by atoms with Crippen LogP contribution in [0.1, 0.15) is 22.8 Å². The molecule has 30 heavy (non-hydrogen) atoms. The molecule has 0 bridgehead atoms. The molecule has 1 aromatic heterocycles. The highest BCUT2D eigenvalue weighted by molar-refractivity contribution is 5.96. The van der Waals surface area contributed by atoms with Gasteiger partial charge in [0.05, 0.1) is 5.52 Å². The minimum absolute atomic E-state index is 0.0466. The van der Waals surface area contributed by atoms with E-state index in [0.29, 0.717) is 23.2 Å². The van der Waals surface area contributed by atoms with Crippen LogP contribution in [0.4, 0.5) is 5.69 Å². The van der Waals surface area contributed by atoms with Gasteiger partial charge in [0.1, 0.15) is 0 Å². The summed E-state index contributed by atoms with van der Waals surface area (Å²) in [7, 11) is 0. The lowest BCUT2D eigenvalue weighted by molar-refractivity contribution is 0.101. The third-order valence-corrected chi connectivity index (χ3v) is 5.66. The van der Waals surface area contributed by atoms with E-state index in [1.54, 1.807) is 22.8 Å². The quantitative estimate of drug-likeness (QED) is 0.464. The van der Waals surface area contributed by atoms with Crippen molar-refractivity contribution in [3.05, 3.63) is 76.3 Å². The highest BCUT2D eigenvalue weighted by Gasteiger charge is 2.16. The molecule has 4 rings (SSSR count). The summed E-state index contributed by atoms with van der Waals surface area (Å²) in [5.74, 6) is -0.447. The van der Waals surface area contributed by atoms with Gasteiger partial charge in [0.25, 0.3) is 0 Å². The number of Topliss-reactive ketones (excluding diaryl/α,β-unsaturated/α-hetero) is 1. The molecule has 1 aliphatic rings. The maximum absolute atomic E-state index is 12.2. The number of ketones is 1. The Labute approximate surface area is 176 Å². The lowest BCUT2D eigenvalue weighted by atomic mass is 10.1. The van der Waals surface area contributed by atoms with Crippen molar-refractivity contribution >= 4 is 22.6 Å². The van der Waals surface area contributed by atoms with Crippen molar-refractivity contribution in [2.75, 3.05) is 37.6 Å². The Kier molecular flexibility index (Phi) is 5.86. The lowest BCUT2D eigenvalue weighted by Crippen LogP contribution is -2.46. The number of piperazine rings is 1. The molecule has 0 saturated carbocycles. The van der Waals surface area contributed by atoms with E-state index < -0.39 is 5.76 Å². The molecule has 156 valence electrons. The first-order valence-corrected chi connectivity index (χ1v) is 10.3. The number of oxazole rings is 1. The highest BCUT2D eigenvalue weighted by atomic mass is 16.4. The number of hydrogen-bond donors (Lipinski definition) is 0. The van der Waals surface area contributed by atoms with Crippen LogP contribution in [0.15, 0.2) is 63.8 Å². The van der Waals surface area contributed by atoms with Gasteiger partial charge in [-0.3, -0.25) is 14.3 Å². The summed E-state index contributed by atoms with van der Waals surface area (Å²) in [4.78, 5) is 28.5. The molecule has 0 N–H and O–H groups in total. The van der Waals surface area contributed by atoms with E-state index in [9.17, 15) is 9.59 Å². The fourth-order valence-electron chi connectivity index (χ4n) is 3.81. The van der Waals surface area contributed by atoms with Crippen LogP contribution in [0.2, 0.25) is 0 Å². The van der Waals surface area contributed by atoms with Crippen LogP contribution >= 0.6 is 0 Å². The number of fused-ring (bicyclic) bond motifs is 1. The molecule has 2 heterocycles. The monoisotopic (exact) mass is 405 g/mol. The molecule has 1 aliphatic heterocycles. The molecular formula is C24H27N3O3. The minimum atomic E-state index is -0.401. The van der Waals surface area contributed by atoms with Crippen molar-refractivity contribution in [2.45, 2.75) is 20.4 Å². The van der Waals surface area contributed by atoms with Crippen molar-refractivity contribution in [3.63, 3.8) is 0 Å². The van der Waals surface area contributed by atoms with Crippen molar-refractivity contribution in [1.29, 1.82) is 0 Å². The Balaban J connectivity index is 1.32. The van der Waals surface area contributed by atoms with Gasteiger partial charge in [-0.05, 0) is 44.2 Å². The van der Waals surface area contributed by atoms with Crippen LogP contribution in [0.3, 0.4) is 0 Å². The SMILES string of the molecule is CC(=O)c1ccc2c(c1)oc(=O)n2C/C=C/CN1CCN(c2ccc(C)cc2)CC1. The van der Waals surface area contributed by atoms with Crippen LogP contribution < -0.4 is 10.7 Å². The van der Waals surface area contributed by atoms with Gasteiger partial charge in [-0.2, -0.15) is 0 Å². The van der Waals surface area contributed by atoms with Gasteiger partial charge in [0.2, 0.25) is 0 Å². The topological polar surface area (TPSA) is 58.7 Å². The molecule has 1 fully saturated rings. The number of carbonyl (C=O) groups excluding carboxylic acids is 1. The number of aromatic nitrogens is 1. The maximum Gasteiger partial charge on any atom is 0.420 e. The van der Waals surface area contributed by atoms with E-state index >= 15 is 0 Å². The normalized spacial score (nSPS) is 15.3. The maximum atomic E-state index is 12.2. The number of anilines is 1. The number of nitrogens with zero attached hydrogens (tertiary/aromatic N) is 3. The predicted octanol–water partition coefficient (Wildman–Crippen LogP) is 3.48. The average molecular weight is 405 g/mol. The number of aryl methyl sites for hydroxylation is 1. The Morgan fingerprint density at radius 3 is 2.40 bits per heavy atom. The van der Waals surface area contributed by atoms with Gasteiger partial charge in [-0.25, -0.2) is 4.79 Å². The number of allylic oxidation sites excluding steroid dienone is 1. The molecule has 2 aromatic carbocycles. The lowest BCUT2D eigenvalue weighted by Gasteiger charge is -2.35. The number of carbonyl (C=O) groups is 1. The summed E-state index contributed by atoms with van der Waals surface area (Å²) in [5.41, 5.74) is 4.28. The summed E-state index contributed by atoms with van der Waals surface area (Å²) in [6.07, 6.45) is 4.11. The molecule has 0 amide bonds. The molecule has 0 spiro atoms. The van der Waals surface area contributed by atoms with Gasteiger partial charge >= 0.3 is 5.76 Å². The molecule has 0 radical (unpaired) electrons. The highest BCUT2D eigenvalue weighted by Crippen LogP contribution is 2.17. The Morgan fingerprint density at radius 1 is 1.00 bits per heavy atom. The van der Waals surface area contributed by atoms with Crippen molar-refractivity contribution in [3.8, 4) is 0 Å². The molecule has 1 saturated heterocycles. The van der Waals surface area contributed by atoms with Crippen LogP contribution in [0.25, 0.3) is 11.1 Å². The second-order valence-electron chi connectivity index (χ2n) is 7.81. The van der Waals surface area contributed by atoms with Gasteiger partial charge < -0.3 is 9.32 Å². The van der Waals surface area contributed by atoms with E-state index in [1.165, 1.54) is 18.2 Å². The van der Waals surface area contributed by atoms with Crippen molar-refractivity contribution in [1.82, 2.24) is 9.47 Å². The van der Waals surface area contributed by atoms with Crippen LogP contribution in [-0.4, -0.2) is 48.0 Å². The molecule has 6 nitrogen and oxygen atoms in total. The zero-order chi connectivity index (χ0) is 21.1. The minimum Gasteiger partial charge on any atom is -0.408 e. The number of benzene rings is 2. The van der Waals surface area contributed by atoms with Crippen LogP contribution in [0, 0.1) is 6.92 Å². The molecular weight excluding hydrogens is 378 g/mol. The summed E-state index contributed by atoms with van der Waals surface area (Å²) in [6, 6.07) is 13.8. The first-order chi connectivity index (χ1) is 14.5. The predicted molar refractivity (Wildman–Crippen MR) is 119 cm³/mol. The Morgan fingerprint density at radius 2 is 1.70 bits per heavy atom. The van der Waals surface area contributed by atoms with E-state index in [0.717, 1.165) is 32.7 Å². The zero-order valence-electron chi connectivity index (χ0n) is 17.5. The fraction of sp³-hybridized carbons (Fsp3) is 0.333. The first-order valence-electron chi connectivity index (χ1n) is 10.3. The standard InChI is InChI=1S/C24H27N3O3/c1-18-5-8-21(9-6-18)26-15-13-25(14-16-26)11-3-4-12-27-22-10-7-20(19(2)28)17-23(22)30-24(27)29/h3-10,17H,11-16H2,1-2H3/b4-3+. The van der Waals surface area contributed by atoms with Crippen LogP contribution in [-0.2, 0) is 6.54 Å². The molecule has 0 atom stereocenters. The molecule has 6 heteroatoms. The van der Waals surface area contributed by atoms with Gasteiger partial charge in [0.15, 0.2) is 11.4 Å². The van der Waals surface area contributed by atoms with E-state index in [2.05, 4.69) is 47.1 Å². The van der Waals surface area contributed by atoms with Crippen molar-refractivity contribution in [2.24, 2.45) is 0 Å². The summed E-state index contributed by atoms with van der Waals surface area (Å²) in [6.45, 7) is 8.98. The third-order valence-electron chi connectivity index (χ3n) is 5.66. The van der Waals surface area contributed by atoms with Crippen molar-refractivity contribution < 1.29 is 9.21 Å². The Hall–Kier alpha value is -3.12. The van der Waals surface area contributed by atoms with Gasteiger partial charge in [-0.15, -0.1) is 0 Å². The smallest absolute Gasteiger partial charge is 0.408 e. The molecule has 3 aromatic rings. The average Bonchev–Trinajstić information content (AvgIpc) is 3.06. The van der Waals surface area contributed by atoms with Crippen LogP contribution in [0.5, 0.6) is 0 Å². The van der Waals surface area contributed by atoms with Gasteiger partial charge in [0, 0.05) is 50.5 Å². The third kappa shape index (κ3) is 4.39. The second-order valence-corrected chi connectivity index (χ2v) is 7.81. The molecule has 0 unspecified atom stereocenters. The summed E-state index contributed by atoms with van der Waals surface area (Å²) < 4.78 is 6.89.